The van der Waals surface area contributed by atoms with E-state index in [1.807, 2.05) is 49.8 Å². The largest absolute Gasteiger partial charge is 0.383 e. The van der Waals surface area contributed by atoms with E-state index in [4.69, 9.17) is 9.72 Å². The molecule has 0 saturated carbocycles. The molecule has 1 atom stereocenters. The fourth-order valence-corrected chi connectivity index (χ4v) is 3.44. The van der Waals surface area contributed by atoms with Crippen molar-refractivity contribution in [3.8, 4) is 11.1 Å². The zero-order chi connectivity index (χ0) is 19.1. The Hall–Kier alpha value is -2.57. The SMILES string of the molecule is COCCN(C)c1nc(C(C)C=Nc2ccc(-c3ccccc3)cn2)cs1. The first kappa shape index (κ1) is 19.2. The number of aliphatic imine (C=N–C) groups is 1. The number of nitrogens with zero attached hydrogens (tertiary/aromatic N) is 4. The van der Waals surface area contributed by atoms with Crippen LogP contribution in [0.4, 0.5) is 10.9 Å². The molecule has 0 saturated heterocycles. The van der Waals surface area contributed by atoms with Gasteiger partial charge in [-0.2, -0.15) is 0 Å². The summed E-state index contributed by atoms with van der Waals surface area (Å²) in [7, 11) is 3.73. The third-order valence-electron chi connectivity index (χ3n) is 4.22. The zero-order valence-electron chi connectivity index (χ0n) is 15.9. The summed E-state index contributed by atoms with van der Waals surface area (Å²) in [5.41, 5.74) is 3.26. The van der Waals surface area contributed by atoms with Crippen molar-refractivity contribution >= 4 is 28.5 Å². The standard InChI is InChI=1S/C21H24N4OS/c1-16(19-15-27-21(24-19)25(2)11-12-26-3)13-22-20-10-9-18(14-23-20)17-7-5-4-6-8-17/h4-10,13-16H,11-12H2,1-3H3. The summed E-state index contributed by atoms with van der Waals surface area (Å²) in [6.45, 7) is 3.60. The van der Waals surface area contributed by atoms with Gasteiger partial charge in [0.15, 0.2) is 10.9 Å². The lowest BCUT2D eigenvalue weighted by Gasteiger charge is -2.14. The van der Waals surface area contributed by atoms with Crippen LogP contribution in [0.25, 0.3) is 11.1 Å². The number of benzene rings is 1. The molecule has 0 aliphatic heterocycles. The molecule has 0 amide bonds. The van der Waals surface area contributed by atoms with Crippen LogP contribution >= 0.6 is 11.3 Å². The lowest BCUT2D eigenvalue weighted by molar-refractivity contribution is 0.206. The second-order valence-electron chi connectivity index (χ2n) is 6.31. The van der Waals surface area contributed by atoms with E-state index in [1.165, 1.54) is 0 Å². The number of thiazole rings is 1. The lowest BCUT2D eigenvalue weighted by atomic mass is 10.1. The molecule has 0 spiro atoms. The van der Waals surface area contributed by atoms with Crippen molar-refractivity contribution in [1.82, 2.24) is 9.97 Å². The molecular weight excluding hydrogens is 356 g/mol. The Bertz CT molecular complexity index is 861. The summed E-state index contributed by atoms with van der Waals surface area (Å²) < 4.78 is 5.12. The van der Waals surface area contributed by atoms with Crippen molar-refractivity contribution in [2.75, 3.05) is 32.2 Å². The number of methoxy groups -OCH3 is 1. The summed E-state index contributed by atoms with van der Waals surface area (Å²) >= 11 is 1.64. The minimum Gasteiger partial charge on any atom is -0.383 e. The predicted octanol–water partition coefficient (Wildman–Crippen LogP) is 4.79. The van der Waals surface area contributed by atoms with Crippen molar-refractivity contribution < 1.29 is 4.74 Å². The van der Waals surface area contributed by atoms with E-state index in [0.717, 1.165) is 28.5 Å². The van der Waals surface area contributed by atoms with Crippen molar-refractivity contribution in [3.63, 3.8) is 0 Å². The Labute approximate surface area is 164 Å². The van der Waals surface area contributed by atoms with Crippen molar-refractivity contribution in [2.24, 2.45) is 4.99 Å². The zero-order valence-corrected chi connectivity index (χ0v) is 16.7. The van der Waals surface area contributed by atoms with Crippen LogP contribution in [-0.4, -0.2) is 43.5 Å². The lowest BCUT2D eigenvalue weighted by Crippen LogP contribution is -2.21. The third kappa shape index (κ3) is 5.21. The van der Waals surface area contributed by atoms with Gasteiger partial charge in [0.05, 0.1) is 12.3 Å². The second kappa shape index (κ2) is 9.39. The number of rotatable bonds is 8. The van der Waals surface area contributed by atoms with Crippen LogP contribution in [0.2, 0.25) is 0 Å². The molecule has 2 aromatic heterocycles. The van der Waals surface area contributed by atoms with Gasteiger partial charge in [-0.25, -0.2) is 15.0 Å². The molecule has 2 heterocycles. The fourth-order valence-electron chi connectivity index (χ4n) is 2.51. The minimum absolute atomic E-state index is 0.126. The Morgan fingerprint density at radius 3 is 2.70 bits per heavy atom. The number of aromatic nitrogens is 2. The van der Waals surface area contributed by atoms with Crippen molar-refractivity contribution in [3.05, 3.63) is 59.7 Å². The molecule has 0 aliphatic rings. The van der Waals surface area contributed by atoms with Gasteiger partial charge in [-0.05, 0) is 17.7 Å². The van der Waals surface area contributed by atoms with E-state index >= 15 is 0 Å². The summed E-state index contributed by atoms with van der Waals surface area (Å²) in [5.74, 6) is 0.829. The highest BCUT2D eigenvalue weighted by Crippen LogP contribution is 2.24. The molecule has 6 heteroatoms. The molecule has 1 unspecified atom stereocenters. The van der Waals surface area contributed by atoms with Gasteiger partial charge >= 0.3 is 0 Å². The molecule has 0 radical (unpaired) electrons. The number of anilines is 1. The molecule has 0 bridgehead atoms. The van der Waals surface area contributed by atoms with E-state index < -0.39 is 0 Å². The number of hydrogen-bond donors (Lipinski definition) is 0. The van der Waals surface area contributed by atoms with Crippen LogP contribution in [-0.2, 0) is 4.74 Å². The molecule has 5 nitrogen and oxygen atoms in total. The van der Waals surface area contributed by atoms with Crippen LogP contribution in [0, 0.1) is 0 Å². The molecule has 140 valence electrons. The van der Waals surface area contributed by atoms with Crippen molar-refractivity contribution in [2.45, 2.75) is 12.8 Å². The smallest absolute Gasteiger partial charge is 0.185 e. The molecule has 0 aliphatic carbocycles. The molecule has 27 heavy (non-hydrogen) atoms. The van der Waals surface area contributed by atoms with E-state index in [2.05, 4.69) is 39.3 Å². The molecule has 0 fully saturated rings. The summed E-state index contributed by atoms with van der Waals surface area (Å²) in [6, 6.07) is 14.2. The Balaban J connectivity index is 1.63. The highest BCUT2D eigenvalue weighted by Gasteiger charge is 2.11. The number of hydrogen-bond acceptors (Lipinski definition) is 6. The van der Waals surface area contributed by atoms with Gasteiger partial charge < -0.3 is 9.64 Å². The van der Waals surface area contributed by atoms with E-state index in [0.29, 0.717) is 12.4 Å². The number of likely N-dealkylation sites (N-methyl/N-ethyl adjacent to an activating group) is 1. The maximum Gasteiger partial charge on any atom is 0.185 e. The average Bonchev–Trinajstić information content (AvgIpc) is 3.22. The summed E-state index contributed by atoms with van der Waals surface area (Å²) in [6.07, 6.45) is 3.76. The maximum atomic E-state index is 5.12. The highest BCUT2D eigenvalue weighted by molar-refractivity contribution is 7.13. The fraction of sp³-hybridized carbons (Fsp3) is 0.286. The van der Waals surface area contributed by atoms with Gasteiger partial charge in [0.25, 0.3) is 0 Å². The first-order valence-electron chi connectivity index (χ1n) is 8.88. The molecular formula is C21H24N4OS. The first-order valence-corrected chi connectivity index (χ1v) is 9.76. The van der Waals surface area contributed by atoms with E-state index in [9.17, 15) is 0 Å². The van der Waals surface area contributed by atoms with Crippen LogP contribution in [0.5, 0.6) is 0 Å². The van der Waals surface area contributed by atoms with Gasteiger partial charge in [-0.3, -0.25) is 0 Å². The third-order valence-corrected chi connectivity index (χ3v) is 5.19. The van der Waals surface area contributed by atoms with Crippen LogP contribution in [0.3, 0.4) is 0 Å². The number of ether oxygens (including phenoxy) is 1. The maximum absolute atomic E-state index is 5.12. The Kier molecular flexibility index (Phi) is 6.68. The summed E-state index contributed by atoms with van der Waals surface area (Å²) in [4.78, 5) is 15.8. The van der Waals surface area contributed by atoms with E-state index in [-0.39, 0.29) is 5.92 Å². The van der Waals surface area contributed by atoms with Crippen LogP contribution in [0.1, 0.15) is 18.5 Å². The van der Waals surface area contributed by atoms with Gasteiger partial charge in [0.1, 0.15) is 0 Å². The van der Waals surface area contributed by atoms with Gasteiger partial charge in [0, 0.05) is 50.0 Å². The molecule has 3 rings (SSSR count). The van der Waals surface area contributed by atoms with Gasteiger partial charge in [-0.1, -0.05) is 37.3 Å². The van der Waals surface area contributed by atoms with Gasteiger partial charge in [-0.15, -0.1) is 11.3 Å². The highest BCUT2D eigenvalue weighted by atomic mass is 32.1. The van der Waals surface area contributed by atoms with Gasteiger partial charge in [0.2, 0.25) is 0 Å². The molecule has 0 N–H and O–H groups in total. The topological polar surface area (TPSA) is 50.6 Å². The number of pyridine rings is 1. The molecule has 1 aromatic carbocycles. The Morgan fingerprint density at radius 2 is 2.00 bits per heavy atom. The molecule has 3 aromatic rings. The van der Waals surface area contributed by atoms with Crippen LogP contribution < -0.4 is 4.90 Å². The second-order valence-corrected chi connectivity index (χ2v) is 7.14. The quantitative estimate of drug-likeness (QED) is 0.527. The normalized spacial score (nSPS) is 12.4. The predicted molar refractivity (Wildman–Crippen MR) is 114 cm³/mol. The minimum atomic E-state index is 0.126. The van der Waals surface area contributed by atoms with Crippen LogP contribution in [0.15, 0.2) is 59.0 Å². The van der Waals surface area contributed by atoms with E-state index in [1.54, 1.807) is 18.4 Å². The first-order chi connectivity index (χ1) is 13.2. The average molecular weight is 381 g/mol. The monoisotopic (exact) mass is 380 g/mol. The Morgan fingerprint density at radius 1 is 1.19 bits per heavy atom. The van der Waals surface area contributed by atoms with Crippen molar-refractivity contribution in [1.29, 1.82) is 0 Å². The summed E-state index contributed by atoms with van der Waals surface area (Å²) in [5, 5.41) is 3.08.